The first kappa shape index (κ1) is 13.3. The Labute approximate surface area is 115 Å². The van der Waals surface area contributed by atoms with Crippen molar-refractivity contribution in [3.05, 3.63) is 62.9 Å². The summed E-state index contributed by atoms with van der Waals surface area (Å²) in [5.41, 5.74) is 2.78. The van der Waals surface area contributed by atoms with Crippen LogP contribution in [-0.2, 0) is 6.54 Å². The number of benzene rings is 1. The first-order valence-electron chi connectivity index (χ1n) is 5.65. The molecule has 0 aliphatic carbocycles. The van der Waals surface area contributed by atoms with Crippen LogP contribution in [0.1, 0.15) is 11.1 Å². The molecule has 0 unspecified atom stereocenters. The van der Waals surface area contributed by atoms with Crippen molar-refractivity contribution in [2.24, 2.45) is 0 Å². The zero-order valence-electron chi connectivity index (χ0n) is 10.3. The topological polar surface area (TPSA) is 68.1 Å². The van der Waals surface area contributed by atoms with Gasteiger partial charge < -0.3 is 5.32 Å². The minimum absolute atomic E-state index is 0.0824. The molecule has 6 heteroatoms. The van der Waals surface area contributed by atoms with Gasteiger partial charge in [-0.05, 0) is 24.1 Å². The molecular weight excluding hydrogens is 266 g/mol. The molecule has 0 amide bonds. The highest BCUT2D eigenvalue weighted by molar-refractivity contribution is 6.31. The number of nitro benzene ring substituents is 1. The number of hydrogen-bond donors (Lipinski definition) is 1. The number of rotatable bonds is 4. The Morgan fingerprint density at radius 2 is 2.05 bits per heavy atom. The van der Waals surface area contributed by atoms with Gasteiger partial charge in [0.15, 0.2) is 5.15 Å². The van der Waals surface area contributed by atoms with Crippen molar-refractivity contribution in [2.75, 3.05) is 5.32 Å². The van der Waals surface area contributed by atoms with E-state index in [-0.39, 0.29) is 5.69 Å². The summed E-state index contributed by atoms with van der Waals surface area (Å²) in [6.07, 6.45) is 1.69. The Hall–Kier alpha value is -2.14. The molecule has 2 aromatic rings. The maximum Gasteiger partial charge on any atom is 0.269 e. The van der Waals surface area contributed by atoms with Gasteiger partial charge in [0.05, 0.1) is 10.6 Å². The van der Waals surface area contributed by atoms with Gasteiger partial charge in [0.2, 0.25) is 0 Å². The van der Waals surface area contributed by atoms with Crippen molar-refractivity contribution in [1.82, 2.24) is 4.98 Å². The van der Waals surface area contributed by atoms with E-state index in [4.69, 9.17) is 11.6 Å². The van der Waals surface area contributed by atoms with Gasteiger partial charge in [-0.1, -0.05) is 23.7 Å². The lowest BCUT2D eigenvalue weighted by molar-refractivity contribution is -0.384. The second kappa shape index (κ2) is 5.67. The highest BCUT2D eigenvalue weighted by atomic mass is 35.5. The van der Waals surface area contributed by atoms with Gasteiger partial charge in [0.25, 0.3) is 5.69 Å². The van der Waals surface area contributed by atoms with Gasteiger partial charge in [-0.2, -0.15) is 0 Å². The molecule has 0 aliphatic rings. The number of non-ortho nitro benzene ring substituents is 1. The predicted molar refractivity (Wildman–Crippen MR) is 74.4 cm³/mol. The summed E-state index contributed by atoms with van der Waals surface area (Å²) in [5, 5.41) is 14.1. The van der Waals surface area contributed by atoms with E-state index in [0.29, 0.717) is 11.7 Å². The maximum absolute atomic E-state index is 10.5. The summed E-state index contributed by atoms with van der Waals surface area (Å²) in [7, 11) is 0. The molecule has 1 N–H and O–H groups in total. The van der Waals surface area contributed by atoms with Gasteiger partial charge in [-0.15, -0.1) is 0 Å². The number of nitrogens with zero attached hydrogens (tertiary/aromatic N) is 2. The van der Waals surface area contributed by atoms with Crippen molar-refractivity contribution in [3.8, 4) is 0 Å². The van der Waals surface area contributed by atoms with E-state index < -0.39 is 4.92 Å². The fraction of sp³-hybridized carbons (Fsp3) is 0.154. The number of nitro groups is 1. The van der Waals surface area contributed by atoms with Crippen LogP contribution in [0.4, 0.5) is 11.4 Å². The highest BCUT2D eigenvalue weighted by Gasteiger charge is 2.05. The van der Waals surface area contributed by atoms with E-state index >= 15 is 0 Å². The number of hydrogen-bond acceptors (Lipinski definition) is 4. The first-order chi connectivity index (χ1) is 9.06. The largest absolute Gasteiger partial charge is 0.378 e. The Morgan fingerprint density at radius 3 is 2.68 bits per heavy atom. The number of anilines is 1. The molecule has 5 nitrogen and oxygen atoms in total. The van der Waals surface area contributed by atoms with Crippen LogP contribution in [-0.4, -0.2) is 9.91 Å². The number of nitrogens with one attached hydrogen (secondary N) is 1. The first-order valence-corrected chi connectivity index (χ1v) is 6.03. The predicted octanol–water partition coefficient (Wildman–Crippen LogP) is 3.56. The van der Waals surface area contributed by atoms with E-state index in [2.05, 4.69) is 10.3 Å². The van der Waals surface area contributed by atoms with Crippen LogP contribution in [0.25, 0.3) is 0 Å². The van der Waals surface area contributed by atoms with Crippen molar-refractivity contribution in [1.29, 1.82) is 0 Å². The van der Waals surface area contributed by atoms with E-state index in [1.807, 2.05) is 13.0 Å². The number of aromatic nitrogens is 1. The Balaban J connectivity index is 2.06. The van der Waals surface area contributed by atoms with Gasteiger partial charge in [0.1, 0.15) is 0 Å². The fourth-order valence-corrected chi connectivity index (χ4v) is 1.78. The molecular formula is C13H12ClN3O2. The lowest BCUT2D eigenvalue weighted by atomic mass is 10.2. The van der Waals surface area contributed by atoms with Gasteiger partial charge in [-0.25, -0.2) is 4.98 Å². The van der Waals surface area contributed by atoms with Gasteiger partial charge in [-0.3, -0.25) is 10.1 Å². The molecule has 98 valence electrons. The van der Waals surface area contributed by atoms with Crippen LogP contribution >= 0.6 is 11.6 Å². The van der Waals surface area contributed by atoms with Crippen LogP contribution in [0.15, 0.2) is 36.5 Å². The van der Waals surface area contributed by atoms with Crippen LogP contribution in [0.3, 0.4) is 0 Å². The summed E-state index contributed by atoms with van der Waals surface area (Å²) in [6, 6.07) is 8.28. The van der Waals surface area contributed by atoms with Crippen molar-refractivity contribution < 1.29 is 4.92 Å². The lowest BCUT2D eigenvalue weighted by Gasteiger charge is -2.08. The summed E-state index contributed by atoms with van der Waals surface area (Å²) < 4.78 is 0. The quantitative estimate of drug-likeness (QED) is 0.527. The number of halogens is 1. The summed E-state index contributed by atoms with van der Waals surface area (Å²) in [5.74, 6) is 0. The molecule has 1 aromatic carbocycles. The van der Waals surface area contributed by atoms with Crippen molar-refractivity contribution >= 4 is 23.0 Å². The Kier molecular flexibility index (Phi) is 3.97. The van der Waals surface area contributed by atoms with Gasteiger partial charge in [0, 0.05) is 24.9 Å². The van der Waals surface area contributed by atoms with Gasteiger partial charge >= 0.3 is 0 Å². The number of aryl methyl sites for hydroxylation is 1. The molecule has 0 fully saturated rings. The zero-order valence-corrected chi connectivity index (χ0v) is 11.0. The minimum Gasteiger partial charge on any atom is -0.378 e. The highest BCUT2D eigenvalue weighted by Crippen LogP contribution is 2.21. The van der Waals surface area contributed by atoms with E-state index in [1.54, 1.807) is 18.3 Å². The molecule has 0 radical (unpaired) electrons. The Bertz CT molecular complexity index is 599. The molecule has 0 saturated carbocycles. The van der Waals surface area contributed by atoms with Crippen LogP contribution < -0.4 is 5.32 Å². The van der Waals surface area contributed by atoms with Crippen molar-refractivity contribution in [3.63, 3.8) is 0 Å². The molecule has 19 heavy (non-hydrogen) atoms. The van der Waals surface area contributed by atoms with E-state index in [9.17, 15) is 10.1 Å². The molecule has 1 aromatic heterocycles. The summed E-state index contributed by atoms with van der Waals surface area (Å²) in [4.78, 5) is 14.2. The second-order valence-electron chi connectivity index (χ2n) is 4.13. The number of pyridine rings is 1. The summed E-state index contributed by atoms with van der Waals surface area (Å²) >= 11 is 5.97. The van der Waals surface area contributed by atoms with E-state index in [1.165, 1.54) is 12.1 Å². The normalized spacial score (nSPS) is 10.2. The van der Waals surface area contributed by atoms with Crippen LogP contribution in [0, 0.1) is 17.0 Å². The molecule has 0 aliphatic heterocycles. The molecule has 0 saturated heterocycles. The molecule has 0 atom stereocenters. The smallest absolute Gasteiger partial charge is 0.269 e. The molecule has 1 heterocycles. The lowest BCUT2D eigenvalue weighted by Crippen LogP contribution is -2.01. The third-order valence-corrected chi connectivity index (χ3v) is 2.91. The third kappa shape index (κ3) is 3.42. The zero-order chi connectivity index (χ0) is 13.8. The molecule has 0 bridgehead atoms. The monoisotopic (exact) mass is 277 g/mol. The standard InChI is InChI=1S/C13H12ClN3O2/c1-9-6-12(13(14)16-7-9)15-8-10-2-4-11(5-3-10)17(18)19/h2-7,15H,8H2,1H3. The SMILES string of the molecule is Cc1cnc(Cl)c(NCc2ccc([N+](=O)[O-])cc2)c1. The van der Waals surface area contributed by atoms with E-state index in [0.717, 1.165) is 16.8 Å². The third-order valence-electron chi connectivity index (χ3n) is 2.61. The van der Waals surface area contributed by atoms with Crippen molar-refractivity contribution in [2.45, 2.75) is 13.5 Å². The Morgan fingerprint density at radius 1 is 1.37 bits per heavy atom. The average molecular weight is 278 g/mol. The maximum atomic E-state index is 10.5. The fourth-order valence-electron chi connectivity index (χ4n) is 1.61. The van der Waals surface area contributed by atoms with Crippen LogP contribution in [0.2, 0.25) is 5.15 Å². The minimum atomic E-state index is -0.418. The second-order valence-corrected chi connectivity index (χ2v) is 4.49. The molecule has 2 rings (SSSR count). The van der Waals surface area contributed by atoms with Crippen LogP contribution in [0.5, 0.6) is 0 Å². The summed E-state index contributed by atoms with van der Waals surface area (Å²) in [6.45, 7) is 2.46. The molecule has 0 spiro atoms. The average Bonchev–Trinajstić information content (AvgIpc) is 2.40.